The zero-order valence-electron chi connectivity index (χ0n) is 12.3. The molecule has 20 heavy (non-hydrogen) atoms. The van der Waals surface area contributed by atoms with E-state index in [-0.39, 0.29) is 12.1 Å². The van der Waals surface area contributed by atoms with E-state index in [0.29, 0.717) is 12.8 Å². The predicted octanol–water partition coefficient (Wildman–Crippen LogP) is 2.27. The van der Waals surface area contributed by atoms with E-state index in [1.165, 1.54) is 13.5 Å². The molecule has 1 heterocycles. The topological polar surface area (TPSA) is 38.8 Å². The minimum absolute atomic E-state index is 0.171. The normalized spacial score (nSPS) is 19.6. The lowest BCUT2D eigenvalue weighted by Crippen LogP contribution is -2.38. The van der Waals surface area contributed by atoms with Gasteiger partial charge in [-0.05, 0) is 50.6 Å². The number of benzene rings is 1. The van der Waals surface area contributed by atoms with Gasteiger partial charge in [-0.3, -0.25) is 4.79 Å². The second kappa shape index (κ2) is 7.29. The van der Waals surface area contributed by atoms with E-state index in [1.807, 2.05) is 24.3 Å². The van der Waals surface area contributed by atoms with Gasteiger partial charge in [-0.15, -0.1) is 0 Å². The van der Waals surface area contributed by atoms with Crippen LogP contribution in [0.3, 0.4) is 0 Å². The van der Waals surface area contributed by atoms with E-state index >= 15 is 0 Å². The molecule has 0 amide bonds. The third-order valence-corrected chi connectivity index (χ3v) is 3.65. The average Bonchev–Trinajstić information content (AvgIpc) is 2.46. The number of aryl methyl sites for hydroxylation is 1. The highest BCUT2D eigenvalue weighted by molar-refractivity contribution is 5.69. The number of ether oxygens (including phenoxy) is 2. The second-order valence-electron chi connectivity index (χ2n) is 5.36. The van der Waals surface area contributed by atoms with Crippen LogP contribution in [0.25, 0.3) is 0 Å². The van der Waals surface area contributed by atoms with Crippen LogP contribution < -0.4 is 4.74 Å². The Morgan fingerprint density at radius 1 is 1.35 bits per heavy atom. The second-order valence-corrected chi connectivity index (χ2v) is 5.36. The van der Waals surface area contributed by atoms with Crippen LogP contribution in [-0.4, -0.2) is 44.2 Å². The number of hydrogen-bond acceptors (Lipinski definition) is 4. The quantitative estimate of drug-likeness (QED) is 0.774. The van der Waals surface area contributed by atoms with Gasteiger partial charge in [-0.1, -0.05) is 12.1 Å². The largest absolute Gasteiger partial charge is 0.489 e. The Hall–Kier alpha value is -1.55. The van der Waals surface area contributed by atoms with Crippen molar-refractivity contribution < 1.29 is 14.3 Å². The molecule has 0 radical (unpaired) electrons. The molecule has 110 valence electrons. The molecule has 1 aliphatic rings. The SMILES string of the molecule is COC(=O)CCc1ccc(OC2CCCN(C)C2)cc1. The molecule has 1 aromatic carbocycles. The van der Waals surface area contributed by atoms with Crippen LogP contribution >= 0.6 is 0 Å². The molecule has 0 bridgehead atoms. The molecule has 0 N–H and O–H groups in total. The van der Waals surface area contributed by atoms with Crippen LogP contribution in [0.1, 0.15) is 24.8 Å². The first-order valence-corrected chi connectivity index (χ1v) is 7.18. The lowest BCUT2D eigenvalue weighted by atomic mass is 10.1. The maximum atomic E-state index is 11.1. The van der Waals surface area contributed by atoms with Gasteiger partial charge in [0.2, 0.25) is 0 Å². The van der Waals surface area contributed by atoms with Gasteiger partial charge in [0.25, 0.3) is 0 Å². The predicted molar refractivity (Wildman–Crippen MR) is 77.9 cm³/mol. The van der Waals surface area contributed by atoms with Crippen molar-refractivity contribution in [3.63, 3.8) is 0 Å². The van der Waals surface area contributed by atoms with Gasteiger partial charge in [0.15, 0.2) is 0 Å². The number of hydrogen-bond donors (Lipinski definition) is 0. The number of piperidine rings is 1. The summed E-state index contributed by atoms with van der Waals surface area (Å²) < 4.78 is 10.6. The molecule has 1 fully saturated rings. The van der Waals surface area contributed by atoms with E-state index < -0.39 is 0 Å². The minimum Gasteiger partial charge on any atom is -0.489 e. The lowest BCUT2D eigenvalue weighted by molar-refractivity contribution is -0.140. The van der Waals surface area contributed by atoms with Gasteiger partial charge < -0.3 is 14.4 Å². The Balaban J connectivity index is 1.83. The summed E-state index contributed by atoms with van der Waals surface area (Å²) in [7, 11) is 3.55. The summed E-state index contributed by atoms with van der Waals surface area (Å²) in [5.74, 6) is 0.739. The number of methoxy groups -OCH3 is 1. The third-order valence-electron chi connectivity index (χ3n) is 3.65. The Bertz CT molecular complexity index is 430. The van der Waals surface area contributed by atoms with Crippen molar-refractivity contribution in [2.45, 2.75) is 31.8 Å². The molecule has 2 rings (SSSR count). The number of likely N-dealkylation sites (N-methyl/N-ethyl adjacent to an activating group) is 1. The number of esters is 1. The van der Waals surface area contributed by atoms with Crippen LogP contribution in [0, 0.1) is 0 Å². The van der Waals surface area contributed by atoms with Crippen LogP contribution in [0.15, 0.2) is 24.3 Å². The summed E-state index contributed by atoms with van der Waals surface area (Å²) in [5, 5.41) is 0. The molecule has 0 aromatic heterocycles. The highest BCUT2D eigenvalue weighted by Gasteiger charge is 2.18. The fourth-order valence-electron chi connectivity index (χ4n) is 2.49. The Kier molecular flexibility index (Phi) is 5.41. The number of carbonyl (C=O) groups is 1. The van der Waals surface area contributed by atoms with Crippen molar-refractivity contribution in [1.29, 1.82) is 0 Å². The molecule has 1 unspecified atom stereocenters. The molecular formula is C16H23NO3. The van der Waals surface area contributed by atoms with Crippen molar-refractivity contribution in [1.82, 2.24) is 4.90 Å². The number of carbonyl (C=O) groups excluding carboxylic acids is 1. The van der Waals surface area contributed by atoms with E-state index in [4.69, 9.17) is 4.74 Å². The van der Waals surface area contributed by atoms with Gasteiger partial charge >= 0.3 is 5.97 Å². The molecule has 1 atom stereocenters. The van der Waals surface area contributed by atoms with E-state index in [1.54, 1.807) is 0 Å². The van der Waals surface area contributed by atoms with Gasteiger partial charge in [-0.25, -0.2) is 0 Å². The standard InChI is InChI=1S/C16H23NO3/c1-17-11-3-4-15(12-17)20-14-8-5-13(6-9-14)7-10-16(18)19-2/h5-6,8-9,15H,3-4,7,10-12H2,1-2H3. The summed E-state index contributed by atoms with van der Waals surface area (Å²) in [6, 6.07) is 8.01. The molecule has 0 saturated carbocycles. The summed E-state index contributed by atoms with van der Waals surface area (Å²) in [6.45, 7) is 2.15. The van der Waals surface area contributed by atoms with Crippen LogP contribution in [-0.2, 0) is 16.0 Å². The first-order chi connectivity index (χ1) is 9.67. The zero-order chi connectivity index (χ0) is 14.4. The van der Waals surface area contributed by atoms with Crippen LogP contribution in [0.4, 0.5) is 0 Å². The van der Waals surface area contributed by atoms with Gasteiger partial charge in [0.05, 0.1) is 7.11 Å². The first-order valence-electron chi connectivity index (χ1n) is 7.18. The maximum absolute atomic E-state index is 11.1. The van der Waals surface area contributed by atoms with Crippen LogP contribution in [0.5, 0.6) is 5.75 Å². The fourth-order valence-corrected chi connectivity index (χ4v) is 2.49. The van der Waals surface area contributed by atoms with E-state index in [9.17, 15) is 4.79 Å². The Morgan fingerprint density at radius 3 is 2.75 bits per heavy atom. The summed E-state index contributed by atoms with van der Waals surface area (Å²) in [6.07, 6.45) is 3.73. The molecule has 1 saturated heterocycles. The summed E-state index contributed by atoms with van der Waals surface area (Å²) >= 11 is 0. The van der Waals surface area contributed by atoms with E-state index in [2.05, 4.69) is 16.7 Å². The number of rotatable bonds is 5. The first kappa shape index (κ1) is 14.9. The monoisotopic (exact) mass is 277 g/mol. The van der Waals surface area contributed by atoms with Crippen molar-refractivity contribution in [2.75, 3.05) is 27.2 Å². The molecule has 4 heteroatoms. The summed E-state index contributed by atoms with van der Waals surface area (Å²) in [4.78, 5) is 13.4. The van der Waals surface area contributed by atoms with Gasteiger partial charge in [0.1, 0.15) is 11.9 Å². The average molecular weight is 277 g/mol. The molecular weight excluding hydrogens is 254 g/mol. The van der Waals surface area contributed by atoms with Crippen molar-refractivity contribution in [3.05, 3.63) is 29.8 Å². The third kappa shape index (κ3) is 4.53. The molecule has 4 nitrogen and oxygen atoms in total. The number of likely N-dealkylation sites (tertiary alicyclic amines) is 1. The smallest absolute Gasteiger partial charge is 0.305 e. The molecule has 0 aliphatic carbocycles. The maximum Gasteiger partial charge on any atom is 0.305 e. The number of nitrogens with zero attached hydrogens (tertiary/aromatic N) is 1. The molecule has 0 spiro atoms. The highest BCUT2D eigenvalue weighted by atomic mass is 16.5. The molecule has 1 aromatic rings. The van der Waals surface area contributed by atoms with Crippen molar-refractivity contribution >= 4 is 5.97 Å². The Labute approximate surface area is 120 Å². The van der Waals surface area contributed by atoms with Gasteiger partial charge in [-0.2, -0.15) is 0 Å². The van der Waals surface area contributed by atoms with Crippen molar-refractivity contribution in [2.24, 2.45) is 0 Å². The van der Waals surface area contributed by atoms with E-state index in [0.717, 1.165) is 30.8 Å². The molecule has 1 aliphatic heterocycles. The summed E-state index contributed by atoms with van der Waals surface area (Å²) in [5.41, 5.74) is 1.13. The zero-order valence-corrected chi connectivity index (χ0v) is 12.3. The van der Waals surface area contributed by atoms with Crippen molar-refractivity contribution in [3.8, 4) is 5.75 Å². The van der Waals surface area contributed by atoms with Gasteiger partial charge in [0, 0.05) is 13.0 Å². The highest BCUT2D eigenvalue weighted by Crippen LogP contribution is 2.19. The van der Waals surface area contributed by atoms with Crippen LogP contribution in [0.2, 0.25) is 0 Å². The Morgan fingerprint density at radius 2 is 2.10 bits per heavy atom. The fraction of sp³-hybridized carbons (Fsp3) is 0.562. The minimum atomic E-state index is -0.171. The lowest BCUT2D eigenvalue weighted by Gasteiger charge is -2.30.